The van der Waals surface area contributed by atoms with Crippen LogP contribution in [0.2, 0.25) is 0 Å². The summed E-state index contributed by atoms with van der Waals surface area (Å²) in [6.45, 7) is 2.71. The lowest BCUT2D eigenvalue weighted by atomic mass is 9.87. The van der Waals surface area contributed by atoms with Gasteiger partial charge in [-0.15, -0.1) is 0 Å². The van der Waals surface area contributed by atoms with Crippen LogP contribution in [0.5, 0.6) is 0 Å². The molecule has 0 aromatic heterocycles. The fraction of sp³-hybridized carbons (Fsp3) is 0.278. The minimum atomic E-state index is -1.62. The van der Waals surface area contributed by atoms with E-state index in [-0.39, 0.29) is 5.91 Å². The van der Waals surface area contributed by atoms with Gasteiger partial charge in [-0.1, -0.05) is 65.7 Å². The van der Waals surface area contributed by atoms with Crippen LogP contribution in [-0.4, -0.2) is 17.6 Å². The highest BCUT2D eigenvalue weighted by atomic mass is 79.9. The second kappa shape index (κ2) is 5.86. The Hall–Kier alpha value is -1.65. The zero-order valence-electron chi connectivity index (χ0n) is 12.4. The maximum absolute atomic E-state index is 13.0. The molecule has 0 radical (unpaired) electrons. The van der Waals surface area contributed by atoms with E-state index in [1.165, 1.54) is 0 Å². The number of fused-ring (bicyclic) bond motifs is 1. The van der Waals surface area contributed by atoms with E-state index in [4.69, 9.17) is 0 Å². The van der Waals surface area contributed by atoms with Crippen molar-refractivity contribution < 1.29 is 9.90 Å². The predicted molar refractivity (Wildman–Crippen MR) is 90.8 cm³/mol. The molecule has 1 unspecified atom stereocenters. The summed E-state index contributed by atoms with van der Waals surface area (Å²) >= 11 is 3.50. The van der Waals surface area contributed by atoms with Crippen molar-refractivity contribution in [3.63, 3.8) is 0 Å². The van der Waals surface area contributed by atoms with Crippen LogP contribution in [0.4, 0.5) is 5.69 Å². The molecule has 2 aromatic carbocycles. The maximum Gasteiger partial charge on any atom is 0.268 e. The van der Waals surface area contributed by atoms with Crippen molar-refractivity contribution >= 4 is 27.5 Å². The van der Waals surface area contributed by atoms with Crippen LogP contribution in [0.25, 0.3) is 0 Å². The lowest BCUT2D eigenvalue weighted by Crippen LogP contribution is -2.41. The van der Waals surface area contributed by atoms with Crippen LogP contribution >= 0.6 is 15.9 Å². The topological polar surface area (TPSA) is 40.5 Å². The third-order valence-corrected chi connectivity index (χ3v) is 4.79. The maximum atomic E-state index is 13.0. The van der Waals surface area contributed by atoms with Gasteiger partial charge in [0.05, 0.1) is 5.69 Å². The molecule has 22 heavy (non-hydrogen) atoms. The number of aliphatic hydroxyl groups is 1. The molecule has 4 heteroatoms. The lowest BCUT2D eigenvalue weighted by molar-refractivity contribution is -0.132. The van der Waals surface area contributed by atoms with Gasteiger partial charge in [0, 0.05) is 16.6 Å². The quantitative estimate of drug-likeness (QED) is 0.900. The standard InChI is InChI=1S/C18H18BrNO2/c1-2-3-12-20-15-11-7-10-14(19)16(15)18(22,17(20)21)13-8-5-4-6-9-13/h4-11,22H,2-3,12H2,1H3. The molecule has 0 bridgehead atoms. The molecule has 1 N–H and O–H groups in total. The van der Waals surface area contributed by atoms with E-state index < -0.39 is 5.60 Å². The first-order chi connectivity index (χ1) is 10.6. The molecule has 0 aliphatic carbocycles. The zero-order valence-corrected chi connectivity index (χ0v) is 14.0. The number of nitrogens with zero attached hydrogens (tertiary/aromatic N) is 1. The second-order valence-corrected chi connectivity index (χ2v) is 6.38. The molecule has 1 amide bonds. The fourth-order valence-electron chi connectivity index (χ4n) is 2.99. The summed E-state index contributed by atoms with van der Waals surface area (Å²) in [7, 11) is 0. The molecular formula is C18H18BrNO2. The first-order valence-corrected chi connectivity index (χ1v) is 8.28. The van der Waals surface area contributed by atoms with Crippen molar-refractivity contribution in [3.8, 4) is 0 Å². The van der Waals surface area contributed by atoms with Gasteiger partial charge < -0.3 is 10.0 Å². The Balaban J connectivity index is 2.19. The number of carbonyl (C=O) groups excluding carboxylic acids is 1. The Morgan fingerprint density at radius 2 is 1.86 bits per heavy atom. The summed E-state index contributed by atoms with van der Waals surface area (Å²) in [6, 6.07) is 14.8. The molecular weight excluding hydrogens is 342 g/mol. The summed E-state index contributed by atoms with van der Waals surface area (Å²) in [4.78, 5) is 14.7. The van der Waals surface area contributed by atoms with Gasteiger partial charge >= 0.3 is 0 Å². The van der Waals surface area contributed by atoms with Crippen LogP contribution in [0, 0.1) is 0 Å². The number of rotatable bonds is 4. The minimum absolute atomic E-state index is 0.269. The molecule has 114 valence electrons. The highest BCUT2D eigenvalue weighted by Gasteiger charge is 2.51. The molecule has 3 rings (SSSR count). The molecule has 3 nitrogen and oxygen atoms in total. The number of amides is 1. The van der Waals surface area contributed by atoms with Gasteiger partial charge in [-0.2, -0.15) is 0 Å². The van der Waals surface area contributed by atoms with Gasteiger partial charge in [-0.3, -0.25) is 4.79 Å². The van der Waals surface area contributed by atoms with E-state index in [0.29, 0.717) is 17.7 Å². The minimum Gasteiger partial charge on any atom is -0.372 e. The predicted octanol–water partition coefficient (Wildman–Crippen LogP) is 3.83. The number of unbranched alkanes of at least 4 members (excludes halogenated alkanes) is 1. The van der Waals surface area contributed by atoms with Gasteiger partial charge in [0.15, 0.2) is 5.60 Å². The van der Waals surface area contributed by atoms with Crippen molar-refractivity contribution in [2.45, 2.75) is 25.4 Å². The molecule has 0 spiro atoms. The van der Waals surface area contributed by atoms with Crippen molar-refractivity contribution in [2.24, 2.45) is 0 Å². The largest absolute Gasteiger partial charge is 0.372 e. The Kier molecular flexibility index (Phi) is 4.06. The van der Waals surface area contributed by atoms with Gasteiger partial charge in [0.2, 0.25) is 0 Å². The Labute approximate surface area is 138 Å². The third-order valence-electron chi connectivity index (χ3n) is 4.13. The fourth-order valence-corrected chi connectivity index (χ4v) is 3.64. The molecule has 1 heterocycles. The molecule has 0 saturated heterocycles. The van der Waals surface area contributed by atoms with Gasteiger partial charge in [0.25, 0.3) is 5.91 Å². The van der Waals surface area contributed by atoms with Crippen molar-refractivity contribution in [2.75, 3.05) is 11.4 Å². The smallest absolute Gasteiger partial charge is 0.268 e. The van der Waals surface area contributed by atoms with Crippen molar-refractivity contribution in [1.82, 2.24) is 0 Å². The SMILES string of the molecule is CCCCN1C(=O)C(O)(c2ccccc2)c2c(Br)cccc21. The van der Waals surface area contributed by atoms with E-state index in [1.807, 2.05) is 36.4 Å². The summed E-state index contributed by atoms with van der Waals surface area (Å²) in [5, 5.41) is 11.3. The van der Waals surface area contributed by atoms with E-state index in [0.717, 1.165) is 23.0 Å². The summed E-state index contributed by atoms with van der Waals surface area (Å²) in [5.41, 5.74) is 0.415. The van der Waals surface area contributed by atoms with Gasteiger partial charge in [-0.05, 0) is 24.1 Å². The normalized spacial score (nSPS) is 20.3. The highest BCUT2D eigenvalue weighted by Crippen LogP contribution is 2.47. The average Bonchev–Trinajstić information content (AvgIpc) is 2.77. The number of benzene rings is 2. The van der Waals surface area contributed by atoms with Crippen LogP contribution < -0.4 is 4.90 Å². The number of hydrogen-bond acceptors (Lipinski definition) is 2. The van der Waals surface area contributed by atoms with E-state index >= 15 is 0 Å². The Bertz CT molecular complexity index is 701. The van der Waals surface area contributed by atoms with Crippen molar-refractivity contribution in [3.05, 3.63) is 64.1 Å². The Morgan fingerprint density at radius 1 is 1.14 bits per heavy atom. The number of carbonyl (C=O) groups is 1. The zero-order chi connectivity index (χ0) is 15.7. The summed E-state index contributed by atoms with van der Waals surface area (Å²) < 4.78 is 0.753. The van der Waals surface area contributed by atoms with Crippen LogP contribution in [0.3, 0.4) is 0 Å². The Morgan fingerprint density at radius 3 is 2.55 bits per heavy atom. The number of hydrogen-bond donors (Lipinski definition) is 1. The van der Waals surface area contributed by atoms with E-state index in [1.54, 1.807) is 17.0 Å². The molecule has 1 aliphatic heterocycles. The van der Waals surface area contributed by atoms with Gasteiger partial charge in [-0.25, -0.2) is 0 Å². The average molecular weight is 360 g/mol. The monoisotopic (exact) mass is 359 g/mol. The first-order valence-electron chi connectivity index (χ1n) is 7.49. The van der Waals surface area contributed by atoms with Gasteiger partial charge in [0.1, 0.15) is 0 Å². The molecule has 2 aromatic rings. The summed E-state index contributed by atoms with van der Waals surface area (Å²) in [6.07, 6.45) is 1.90. The number of halogens is 1. The first kappa shape index (κ1) is 15.3. The molecule has 0 saturated carbocycles. The molecule has 1 atom stereocenters. The van der Waals surface area contributed by atoms with E-state index in [2.05, 4.69) is 22.9 Å². The highest BCUT2D eigenvalue weighted by molar-refractivity contribution is 9.10. The third kappa shape index (κ3) is 2.18. The second-order valence-electron chi connectivity index (χ2n) is 5.52. The molecule has 1 aliphatic rings. The van der Waals surface area contributed by atoms with Crippen LogP contribution in [-0.2, 0) is 10.4 Å². The summed E-state index contributed by atoms with van der Waals surface area (Å²) in [5.74, 6) is -0.269. The molecule has 0 fully saturated rings. The number of anilines is 1. The van der Waals surface area contributed by atoms with Crippen LogP contribution in [0.1, 0.15) is 30.9 Å². The van der Waals surface area contributed by atoms with Crippen LogP contribution in [0.15, 0.2) is 53.0 Å². The lowest BCUT2D eigenvalue weighted by Gasteiger charge is -2.24. The van der Waals surface area contributed by atoms with Crippen molar-refractivity contribution in [1.29, 1.82) is 0 Å². The van der Waals surface area contributed by atoms with E-state index in [9.17, 15) is 9.90 Å².